The molecule has 1 heterocycles. The normalized spacial score (nSPS) is 17.2. The second kappa shape index (κ2) is 8.36. The Hall–Kier alpha value is -1.83. The highest BCUT2D eigenvalue weighted by atomic mass is 16.5. The van der Waals surface area contributed by atoms with Crippen LogP contribution in [-0.4, -0.2) is 48.8 Å². The third kappa shape index (κ3) is 6.37. The van der Waals surface area contributed by atoms with Crippen LogP contribution in [0.5, 0.6) is 0 Å². The fraction of sp³-hybridized carbons (Fsp3) is 0.750. The van der Waals surface area contributed by atoms with Gasteiger partial charge in [0.05, 0.1) is 0 Å². The summed E-state index contributed by atoms with van der Waals surface area (Å²) in [6.45, 7) is 1.85. The maximum Gasteiger partial charge on any atom is 0.326 e. The lowest BCUT2D eigenvalue weighted by Gasteiger charge is -2.22. The summed E-state index contributed by atoms with van der Waals surface area (Å²) in [5, 5.41) is 13.9. The number of carbonyl (C=O) groups is 3. The van der Waals surface area contributed by atoms with E-state index in [1.807, 2.05) is 0 Å². The number of urea groups is 1. The van der Waals surface area contributed by atoms with E-state index in [2.05, 4.69) is 10.6 Å². The molecule has 8 heteroatoms. The fourth-order valence-corrected chi connectivity index (χ4v) is 1.94. The number of amides is 3. The van der Waals surface area contributed by atoms with Gasteiger partial charge in [0.1, 0.15) is 6.04 Å². The van der Waals surface area contributed by atoms with E-state index < -0.39 is 23.9 Å². The molecule has 1 saturated heterocycles. The summed E-state index contributed by atoms with van der Waals surface area (Å²) >= 11 is 0. The van der Waals surface area contributed by atoms with Crippen molar-refractivity contribution in [3.05, 3.63) is 0 Å². The zero-order chi connectivity index (χ0) is 15.0. The van der Waals surface area contributed by atoms with Crippen LogP contribution in [0.4, 0.5) is 4.79 Å². The third-order valence-electron chi connectivity index (χ3n) is 3.18. The van der Waals surface area contributed by atoms with Gasteiger partial charge in [0, 0.05) is 26.2 Å². The quantitative estimate of drug-likeness (QED) is 0.498. The molecule has 1 aliphatic rings. The molecule has 1 unspecified atom stereocenters. The fourth-order valence-electron chi connectivity index (χ4n) is 1.94. The van der Waals surface area contributed by atoms with Crippen molar-refractivity contribution in [2.24, 2.45) is 11.7 Å². The number of rotatable bonds is 7. The van der Waals surface area contributed by atoms with Crippen LogP contribution in [0, 0.1) is 5.92 Å². The molecule has 0 bridgehead atoms. The van der Waals surface area contributed by atoms with E-state index >= 15 is 0 Å². The first kappa shape index (κ1) is 16.2. The highest BCUT2D eigenvalue weighted by Gasteiger charge is 2.21. The van der Waals surface area contributed by atoms with Gasteiger partial charge < -0.3 is 26.2 Å². The molecule has 0 aliphatic carbocycles. The number of nitrogens with two attached hydrogens (primary N) is 1. The number of ether oxygens (including phenoxy) is 1. The highest BCUT2D eigenvalue weighted by Crippen LogP contribution is 2.13. The Kier molecular flexibility index (Phi) is 6.78. The molecule has 20 heavy (non-hydrogen) atoms. The largest absolute Gasteiger partial charge is 0.480 e. The molecule has 1 aliphatic heterocycles. The second-order valence-electron chi connectivity index (χ2n) is 4.81. The van der Waals surface area contributed by atoms with Crippen molar-refractivity contribution in [2.75, 3.05) is 19.8 Å². The van der Waals surface area contributed by atoms with Crippen molar-refractivity contribution < 1.29 is 24.2 Å². The van der Waals surface area contributed by atoms with E-state index in [1.54, 1.807) is 0 Å². The van der Waals surface area contributed by atoms with E-state index in [4.69, 9.17) is 15.6 Å². The molecule has 1 atom stereocenters. The van der Waals surface area contributed by atoms with Crippen LogP contribution in [0.15, 0.2) is 0 Å². The van der Waals surface area contributed by atoms with Crippen LogP contribution >= 0.6 is 0 Å². The number of hydrogen-bond donors (Lipinski definition) is 4. The number of nitrogens with one attached hydrogen (secondary N) is 2. The van der Waals surface area contributed by atoms with Crippen LogP contribution in [0.2, 0.25) is 0 Å². The summed E-state index contributed by atoms with van der Waals surface area (Å²) in [7, 11) is 0. The number of aliphatic carboxylic acids is 1. The molecule has 5 N–H and O–H groups in total. The molecule has 0 aromatic rings. The number of carboxylic acids is 1. The van der Waals surface area contributed by atoms with E-state index in [-0.39, 0.29) is 12.8 Å². The van der Waals surface area contributed by atoms with Crippen LogP contribution in [0.1, 0.15) is 25.7 Å². The molecule has 0 saturated carbocycles. The van der Waals surface area contributed by atoms with Crippen molar-refractivity contribution in [3.8, 4) is 0 Å². The van der Waals surface area contributed by atoms with Gasteiger partial charge in [0.15, 0.2) is 0 Å². The molecule has 0 aromatic heterocycles. The average molecular weight is 287 g/mol. The van der Waals surface area contributed by atoms with Gasteiger partial charge in [-0.15, -0.1) is 0 Å². The molecule has 1 rings (SSSR count). The minimum atomic E-state index is -1.19. The first-order valence-corrected chi connectivity index (χ1v) is 6.62. The van der Waals surface area contributed by atoms with Crippen molar-refractivity contribution in [3.63, 3.8) is 0 Å². The van der Waals surface area contributed by atoms with Gasteiger partial charge in [-0.1, -0.05) is 0 Å². The maximum absolute atomic E-state index is 11.6. The van der Waals surface area contributed by atoms with Crippen molar-refractivity contribution in [1.29, 1.82) is 0 Å². The molecular formula is C12H21N3O5. The van der Waals surface area contributed by atoms with Gasteiger partial charge >= 0.3 is 12.0 Å². The van der Waals surface area contributed by atoms with Crippen LogP contribution in [0.3, 0.4) is 0 Å². The first-order chi connectivity index (χ1) is 9.49. The molecule has 0 aromatic carbocycles. The zero-order valence-electron chi connectivity index (χ0n) is 11.3. The van der Waals surface area contributed by atoms with Gasteiger partial charge in [-0.05, 0) is 25.2 Å². The SMILES string of the molecule is NC(=O)CCC(NC(=O)NCC1CCOCC1)C(=O)O. The van der Waals surface area contributed by atoms with E-state index in [0.717, 1.165) is 12.8 Å². The van der Waals surface area contributed by atoms with E-state index in [1.165, 1.54) is 0 Å². The van der Waals surface area contributed by atoms with Gasteiger partial charge in [0.2, 0.25) is 5.91 Å². The van der Waals surface area contributed by atoms with Gasteiger partial charge in [-0.2, -0.15) is 0 Å². The second-order valence-corrected chi connectivity index (χ2v) is 4.81. The van der Waals surface area contributed by atoms with E-state index in [9.17, 15) is 14.4 Å². The highest BCUT2D eigenvalue weighted by molar-refractivity contribution is 5.83. The van der Waals surface area contributed by atoms with Crippen molar-refractivity contribution in [2.45, 2.75) is 31.7 Å². The summed E-state index contributed by atoms with van der Waals surface area (Å²) in [4.78, 5) is 33.2. The Morgan fingerprint density at radius 1 is 1.30 bits per heavy atom. The minimum absolute atomic E-state index is 0.0185. The van der Waals surface area contributed by atoms with Crippen LogP contribution in [0.25, 0.3) is 0 Å². The molecule has 0 radical (unpaired) electrons. The smallest absolute Gasteiger partial charge is 0.326 e. The number of carboxylic acid groups (broad SMARTS) is 1. The van der Waals surface area contributed by atoms with Gasteiger partial charge in [-0.3, -0.25) is 4.79 Å². The Morgan fingerprint density at radius 2 is 1.95 bits per heavy atom. The average Bonchev–Trinajstić information content (AvgIpc) is 2.41. The van der Waals surface area contributed by atoms with Gasteiger partial charge in [0.25, 0.3) is 0 Å². The number of carbonyl (C=O) groups excluding carboxylic acids is 2. The molecule has 3 amide bonds. The molecule has 8 nitrogen and oxygen atoms in total. The minimum Gasteiger partial charge on any atom is -0.480 e. The first-order valence-electron chi connectivity index (χ1n) is 6.62. The predicted octanol–water partition coefficient (Wildman–Crippen LogP) is -0.569. The Balaban J connectivity index is 2.29. The lowest BCUT2D eigenvalue weighted by atomic mass is 10.0. The molecule has 1 fully saturated rings. The summed E-state index contributed by atoms with van der Waals surface area (Å²) in [6.07, 6.45) is 1.65. The monoisotopic (exact) mass is 287 g/mol. The van der Waals surface area contributed by atoms with Crippen LogP contribution in [-0.2, 0) is 14.3 Å². The lowest BCUT2D eigenvalue weighted by molar-refractivity contribution is -0.139. The number of primary amides is 1. The Bertz CT molecular complexity index is 355. The Morgan fingerprint density at radius 3 is 2.50 bits per heavy atom. The Labute approximate surface area is 117 Å². The standard InChI is InChI=1S/C12H21N3O5/c13-10(16)2-1-9(11(17)18)15-12(19)14-7-8-3-5-20-6-4-8/h8-9H,1-7H2,(H2,13,16)(H,17,18)(H2,14,15,19). The lowest BCUT2D eigenvalue weighted by Crippen LogP contribution is -2.47. The molecule has 0 spiro atoms. The predicted molar refractivity (Wildman–Crippen MR) is 69.9 cm³/mol. The summed E-state index contributed by atoms with van der Waals surface area (Å²) in [6, 6.07) is -1.66. The molecular weight excluding hydrogens is 266 g/mol. The zero-order valence-corrected chi connectivity index (χ0v) is 11.3. The third-order valence-corrected chi connectivity index (χ3v) is 3.18. The maximum atomic E-state index is 11.6. The summed E-state index contributed by atoms with van der Waals surface area (Å²) < 4.78 is 5.21. The van der Waals surface area contributed by atoms with E-state index in [0.29, 0.717) is 25.7 Å². The van der Waals surface area contributed by atoms with Crippen LogP contribution < -0.4 is 16.4 Å². The molecule has 114 valence electrons. The van der Waals surface area contributed by atoms with Gasteiger partial charge in [-0.25, -0.2) is 9.59 Å². The summed E-state index contributed by atoms with van der Waals surface area (Å²) in [5.74, 6) is -1.43. The summed E-state index contributed by atoms with van der Waals surface area (Å²) in [5.41, 5.74) is 4.96. The van der Waals surface area contributed by atoms with Crippen molar-refractivity contribution >= 4 is 17.9 Å². The van der Waals surface area contributed by atoms with Crippen molar-refractivity contribution in [1.82, 2.24) is 10.6 Å². The topological polar surface area (TPSA) is 131 Å². The number of hydrogen-bond acceptors (Lipinski definition) is 4.